The first-order chi connectivity index (χ1) is 13.0. The van der Waals surface area contributed by atoms with Gasteiger partial charge < -0.3 is 20.1 Å². The molecule has 0 bridgehead atoms. The Bertz CT molecular complexity index is 952. The van der Waals surface area contributed by atoms with Crippen LogP contribution in [0.4, 0.5) is 15.9 Å². The van der Waals surface area contributed by atoms with Crippen molar-refractivity contribution in [1.29, 1.82) is 0 Å². The minimum absolute atomic E-state index is 0.305. The molecule has 3 heterocycles. The summed E-state index contributed by atoms with van der Waals surface area (Å²) in [6.07, 6.45) is 1.69. The monoisotopic (exact) mass is 367 g/mol. The van der Waals surface area contributed by atoms with Crippen LogP contribution in [0.2, 0.25) is 0 Å². The van der Waals surface area contributed by atoms with E-state index >= 15 is 0 Å². The van der Waals surface area contributed by atoms with Gasteiger partial charge in [-0.2, -0.15) is 0 Å². The number of halogens is 1. The van der Waals surface area contributed by atoms with Gasteiger partial charge >= 0.3 is 0 Å². The molecule has 27 heavy (non-hydrogen) atoms. The van der Waals surface area contributed by atoms with E-state index in [4.69, 9.17) is 0 Å². The standard InChI is InChI=1S/C20H22FN5O/c1-13-3-4-16(21)15-12-17(24-19(13)15)20(27)23-14-5-6-22-18(11-14)26-9-7-25(2)8-10-26/h3-6,11-12,24H,7-10H2,1-2H3,(H,22,23,27). The number of carbonyl (C=O) groups excluding carboxylic acids is 1. The van der Waals surface area contributed by atoms with E-state index < -0.39 is 0 Å². The molecule has 7 heteroatoms. The van der Waals surface area contributed by atoms with Gasteiger partial charge in [0, 0.05) is 49.5 Å². The number of amides is 1. The van der Waals surface area contributed by atoms with E-state index in [9.17, 15) is 9.18 Å². The number of pyridine rings is 1. The van der Waals surface area contributed by atoms with Crippen molar-refractivity contribution < 1.29 is 9.18 Å². The SMILES string of the molecule is Cc1ccc(F)c2cc(C(=O)Nc3ccnc(N4CCN(C)CC4)c3)[nH]c12. The molecule has 1 saturated heterocycles. The van der Waals surface area contributed by atoms with E-state index in [0.717, 1.165) is 37.6 Å². The van der Waals surface area contributed by atoms with E-state index in [-0.39, 0.29) is 11.7 Å². The fourth-order valence-electron chi connectivity index (χ4n) is 3.35. The fraction of sp³-hybridized carbons (Fsp3) is 0.300. The second-order valence-electron chi connectivity index (χ2n) is 6.98. The third-order valence-electron chi connectivity index (χ3n) is 5.02. The van der Waals surface area contributed by atoms with Gasteiger partial charge in [-0.15, -0.1) is 0 Å². The second kappa shape index (κ2) is 7.00. The summed E-state index contributed by atoms with van der Waals surface area (Å²) in [5.74, 6) is 0.201. The number of carbonyl (C=O) groups is 1. The van der Waals surface area contributed by atoms with Crippen LogP contribution in [0.5, 0.6) is 0 Å². The molecule has 140 valence electrons. The summed E-state index contributed by atoms with van der Waals surface area (Å²) in [4.78, 5) is 24.6. The fourth-order valence-corrected chi connectivity index (χ4v) is 3.35. The third kappa shape index (κ3) is 3.50. The highest BCUT2D eigenvalue weighted by molar-refractivity contribution is 6.06. The lowest BCUT2D eigenvalue weighted by Gasteiger charge is -2.33. The lowest BCUT2D eigenvalue weighted by atomic mass is 10.1. The lowest BCUT2D eigenvalue weighted by Crippen LogP contribution is -2.44. The highest BCUT2D eigenvalue weighted by Gasteiger charge is 2.17. The number of benzene rings is 1. The van der Waals surface area contributed by atoms with Crippen LogP contribution in [0.1, 0.15) is 16.1 Å². The number of hydrogen-bond donors (Lipinski definition) is 2. The van der Waals surface area contributed by atoms with E-state index in [2.05, 4.69) is 32.1 Å². The molecular weight excluding hydrogens is 345 g/mol. The number of nitrogens with one attached hydrogen (secondary N) is 2. The Balaban J connectivity index is 1.54. The van der Waals surface area contributed by atoms with Gasteiger partial charge in [-0.25, -0.2) is 9.37 Å². The van der Waals surface area contributed by atoms with Crippen LogP contribution in [-0.2, 0) is 0 Å². The second-order valence-corrected chi connectivity index (χ2v) is 6.98. The molecule has 4 rings (SSSR count). The van der Waals surface area contributed by atoms with Gasteiger partial charge in [-0.05, 0) is 37.7 Å². The van der Waals surface area contributed by atoms with E-state index in [1.54, 1.807) is 24.4 Å². The zero-order valence-corrected chi connectivity index (χ0v) is 15.4. The molecule has 1 aliphatic rings. The minimum atomic E-state index is -0.341. The van der Waals surface area contributed by atoms with Crippen molar-refractivity contribution in [1.82, 2.24) is 14.9 Å². The smallest absolute Gasteiger partial charge is 0.272 e. The van der Waals surface area contributed by atoms with Crippen molar-refractivity contribution in [3.05, 3.63) is 53.6 Å². The van der Waals surface area contributed by atoms with Crippen molar-refractivity contribution >= 4 is 28.3 Å². The van der Waals surface area contributed by atoms with E-state index in [0.29, 0.717) is 22.3 Å². The molecule has 0 spiro atoms. The zero-order chi connectivity index (χ0) is 19.0. The molecule has 0 saturated carbocycles. The molecule has 3 aromatic rings. The first kappa shape index (κ1) is 17.5. The van der Waals surface area contributed by atoms with Gasteiger partial charge in [-0.1, -0.05) is 6.07 Å². The third-order valence-corrected chi connectivity index (χ3v) is 5.02. The highest BCUT2D eigenvalue weighted by Crippen LogP contribution is 2.23. The maximum absolute atomic E-state index is 14.0. The maximum atomic E-state index is 14.0. The minimum Gasteiger partial charge on any atom is -0.354 e. The predicted molar refractivity (Wildman–Crippen MR) is 105 cm³/mol. The van der Waals surface area contributed by atoms with E-state index in [1.165, 1.54) is 6.07 Å². The molecule has 0 aliphatic carbocycles. The lowest BCUT2D eigenvalue weighted by molar-refractivity contribution is 0.102. The first-order valence-electron chi connectivity index (χ1n) is 9.00. The summed E-state index contributed by atoms with van der Waals surface area (Å²) in [6, 6.07) is 8.29. The zero-order valence-electron chi connectivity index (χ0n) is 15.4. The normalized spacial score (nSPS) is 15.3. The number of anilines is 2. The van der Waals surface area contributed by atoms with Crippen molar-refractivity contribution in [2.45, 2.75) is 6.92 Å². The number of fused-ring (bicyclic) bond motifs is 1. The molecule has 1 amide bonds. The molecule has 2 N–H and O–H groups in total. The molecule has 1 aliphatic heterocycles. The molecule has 2 aromatic heterocycles. The number of likely N-dealkylation sites (N-methyl/N-ethyl adjacent to an activating group) is 1. The van der Waals surface area contributed by atoms with Crippen LogP contribution >= 0.6 is 0 Å². The Morgan fingerprint density at radius 2 is 1.96 bits per heavy atom. The average molecular weight is 367 g/mol. The number of hydrogen-bond acceptors (Lipinski definition) is 4. The van der Waals surface area contributed by atoms with Crippen molar-refractivity contribution in [3.63, 3.8) is 0 Å². The largest absolute Gasteiger partial charge is 0.354 e. The number of aromatic amines is 1. The molecule has 1 fully saturated rings. The van der Waals surface area contributed by atoms with Gasteiger partial charge in [-0.3, -0.25) is 4.79 Å². The summed E-state index contributed by atoms with van der Waals surface area (Å²) in [6.45, 7) is 5.66. The summed E-state index contributed by atoms with van der Waals surface area (Å²) in [5, 5.41) is 3.30. The molecule has 6 nitrogen and oxygen atoms in total. The number of H-pyrrole nitrogens is 1. The maximum Gasteiger partial charge on any atom is 0.272 e. The first-order valence-corrected chi connectivity index (χ1v) is 9.00. The van der Waals surface area contributed by atoms with Gasteiger partial charge in [0.05, 0.1) is 5.52 Å². The quantitative estimate of drug-likeness (QED) is 0.747. The topological polar surface area (TPSA) is 64.3 Å². The number of aromatic nitrogens is 2. The Morgan fingerprint density at radius 3 is 2.70 bits per heavy atom. The van der Waals surface area contributed by atoms with Gasteiger partial charge in [0.1, 0.15) is 17.3 Å². The van der Waals surface area contributed by atoms with Gasteiger partial charge in [0.2, 0.25) is 0 Å². The van der Waals surface area contributed by atoms with E-state index in [1.807, 2.05) is 13.0 Å². The Labute approximate surface area is 157 Å². The Hall–Kier alpha value is -2.93. The Morgan fingerprint density at radius 1 is 1.19 bits per heavy atom. The number of piperazine rings is 1. The number of nitrogens with zero attached hydrogens (tertiary/aromatic N) is 3. The highest BCUT2D eigenvalue weighted by atomic mass is 19.1. The van der Waals surface area contributed by atoms with Crippen LogP contribution in [-0.4, -0.2) is 54.0 Å². The number of rotatable bonds is 3. The van der Waals surface area contributed by atoms with Crippen molar-refractivity contribution in [2.75, 3.05) is 43.4 Å². The van der Waals surface area contributed by atoms with Crippen LogP contribution < -0.4 is 10.2 Å². The van der Waals surface area contributed by atoms with Gasteiger partial charge in [0.25, 0.3) is 5.91 Å². The number of aryl methyl sites for hydroxylation is 1. The predicted octanol–water partition coefficient (Wildman–Crippen LogP) is 3.01. The summed E-state index contributed by atoms with van der Waals surface area (Å²) in [5.41, 5.74) is 2.54. The molecule has 1 aromatic carbocycles. The van der Waals surface area contributed by atoms with Crippen LogP contribution in [0, 0.1) is 12.7 Å². The summed E-state index contributed by atoms with van der Waals surface area (Å²) >= 11 is 0. The average Bonchev–Trinajstić information content (AvgIpc) is 3.13. The van der Waals surface area contributed by atoms with Crippen LogP contribution in [0.3, 0.4) is 0 Å². The summed E-state index contributed by atoms with van der Waals surface area (Å²) in [7, 11) is 2.10. The molecule has 0 radical (unpaired) electrons. The van der Waals surface area contributed by atoms with Crippen molar-refractivity contribution in [2.24, 2.45) is 0 Å². The summed E-state index contributed by atoms with van der Waals surface area (Å²) < 4.78 is 14.0. The molecule has 0 atom stereocenters. The van der Waals surface area contributed by atoms with Crippen molar-refractivity contribution in [3.8, 4) is 0 Å². The molecule has 0 unspecified atom stereocenters. The Kier molecular flexibility index (Phi) is 4.53. The molecular formula is C20H22FN5O. The van der Waals surface area contributed by atoms with Crippen LogP contribution in [0.15, 0.2) is 36.5 Å². The van der Waals surface area contributed by atoms with Crippen LogP contribution in [0.25, 0.3) is 10.9 Å². The van der Waals surface area contributed by atoms with Gasteiger partial charge in [0.15, 0.2) is 0 Å².